The first-order valence-corrected chi connectivity index (χ1v) is 15.0. The molecule has 0 aliphatic heterocycles. The van der Waals surface area contributed by atoms with Crippen molar-refractivity contribution in [1.29, 1.82) is 0 Å². The smallest absolute Gasteiger partial charge is 0.159 e. The number of hydrogen-bond acceptors (Lipinski definition) is 3. The average Bonchev–Trinajstić information content (AvgIpc) is 2.71. The van der Waals surface area contributed by atoms with Crippen LogP contribution in [0.1, 0.15) is 96.3 Å². The van der Waals surface area contributed by atoms with Crippen molar-refractivity contribution in [1.82, 2.24) is 0 Å². The van der Waals surface area contributed by atoms with Crippen molar-refractivity contribution in [2.45, 2.75) is 113 Å². The van der Waals surface area contributed by atoms with Gasteiger partial charge in [0.1, 0.15) is 0 Å². The van der Waals surface area contributed by atoms with Crippen LogP contribution in [-0.2, 0) is 26.2 Å². The standard InChI is InChI=1S/3C6H14OSi.Zr/c3*7-8-6-4-2-1-3-5-6;/h3*6-7H,1-5,8H2;. The molecular weight excluding hydrogens is 440 g/mol. The number of rotatable bonds is 3. The quantitative estimate of drug-likeness (QED) is 0.543. The SMILES string of the molecule is O[SiH2]C1CCCCC1.O[SiH2]C1CCCCC1.O[SiH2]C1CCCCC1.[Zr]. The topological polar surface area (TPSA) is 60.7 Å². The Kier molecular flexibility index (Phi) is 19.8. The molecule has 148 valence electrons. The second kappa shape index (κ2) is 18.8. The van der Waals surface area contributed by atoms with Gasteiger partial charge in [-0.15, -0.1) is 0 Å². The number of hydrogen-bond donors (Lipinski definition) is 3. The van der Waals surface area contributed by atoms with Crippen LogP contribution in [0.25, 0.3) is 0 Å². The fraction of sp³-hybridized carbons (Fsp3) is 1.00. The first-order chi connectivity index (χ1) is 11.8. The van der Waals surface area contributed by atoms with Gasteiger partial charge in [0, 0.05) is 26.2 Å². The van der Waals surface area contributed by atoms with E-state index in [1.54, 1.807) is 0 Å². The second-order valence-corrected chi connectivity index (χ2v) is 12.6. The van der Waals surface area contributed by atoms with Gasteiger partial charge in [-0.2, -0.15) is 0 Å². The predicted molar refractivity (Wildman–Crippen MR) is 113 cm³/mol. The van der Waals surface area contributed by atoms with Gasteiger partial charge in [-0.3, -0.25) is 0 Å². The van der Waals surface area contributed by atoms with Gasteiger partial charge < -0.3 is 14.4 Å². The summed E-state index contributed by atoms with van der Waals surface area (Å²) in [6.45, 7) is 0. The fourth-order valence-corrected chi connectivity index (χ4v) is 6.94. The van der Waals surface area contributed by atoms with E-state index in [9.17, 15) is 0 Å². The maximum atomic E-state index is 8.83. The Morgan fingerprint density at radius 2 is 0.600 bits per heavy atom. The minimum atomic E-state index is -0.632. The Labute approximate surface area is 182 Å². The van der Waals surface area contributed by atoms with Gasteiger partial charge in [0.25, 0.3) is 0 Å². The van der Waals surface area contributed by atoms with Crippen LogP contribution in [-0.4, -0.2) is 43.7 Å². The molecule has 0 heterocycles. The van der Waals surface area contributed by atoms with E-state index < -0.39 is 29.3 Å². The molecular formula is C18H42O3Si3Zr. The molecule has 0 aromatic rings. The van der Waals surface area contributed by atoms with Gasteiger partial charge in [-0.25, -0.2) is 0 Å². The maximum absolute atomic E-state index is 8.83. The summed E-state index contributed by atoms with van der Waals surface area (Å²) in [5.41, 5.74) is 2.34. The van der Waals surface area contributed by atoms with Crippen LogP contribution < -0.4 is 0 Å². The molecule has 7 heteroatoms. The van der Waals surface area contributed by atoms with Crippen LogP contribution in [0.15, 0.2) is 0 Å². The summed E-state index contributed by atoms with van der Waals surface area (Å²) in [7, 11) is -1.90. The van der Waals surface area contributed by atoms with E-state index in [1.807, 2.05) is 0 Å². The first kappa shape index (κ1) is 26.4. The second-order valence-electron chi connectivity index (χ2n) is 8.06. The summed E-state index contributed by atoms with van der Waals surface area (Å²) >= 11 is 0. The van der Waals surface area contributed by atoms with Gasteiger partial charge in [0.05, 0.1) is 0 Å². The minimum Gasteiger partial charge on any atom is -0.438 e. The van der Waals surface area contributed by atoms with E-state index in [2.05, 4.69) is 0 Å². The fourth-order valence-electron chi connectivity index (χ4n) is 4.11. The van der Waals surface area contributed by atoms with Crippen LogP contribution in [0.3, 0.4) is 0 Å². The van der Waals surface area contributed by atoms with Gasteiger partial charge in [-0.05, 0) is 16.6 Å². The Bertz CT molecular complexity index is 227. The average molecular weight is 482 g/mol. The molecule has 0 spiro atoms. The van der Waals surface area contributed by atoms with Gasteiger partial charge in [0.2, 0.25) is 0 Å². The van der Waals surface area contributed by atoms with Crippen molar-refractivity contribution in [2.75, 3.05) is 0 Å². The zero-order valence-corrected chi connectivity index (χ0v) is 23.0. The minimum absolute atomic E-state index is 0. The molecule has 25 heavy (non-hydrogen) atoms. The Hall–Kier alpha value is 1.41. The van der Waals surface area contributed by atoms with Crippen LogP contribution in [0.5, 0.6) is 0 Å². The molecule has 3 N–H and O–H groups in total. The van der Waals surface area contributed by atoms with E-state index in [-0.39, 0.29) is 26.2 Å². The summed E-state index contributed by atoms with van der Waals surface area (Å²) in [5, 5.41) is 0. The van der Waals surface area contributed by atoms with Crippen molar-refractivity contribution >= 4 is 29.3 Å². The van der Waals surface area contributed by atoms with E-state index in [1.165, 1.54) is 96.3 Å². The largest absolute Gasteiger partial charge is 0.438 e. The molecule has 0 unspecified atom stereocenters. The van der Waals surface area contributed by atoms with Crippen LogP contribution >= 0.6 is 0 Å². The third kappa shape index (κ3) is 14.1. The summed E-state index contributed by atoms with van der Waals surface area (Å²) in [5.74, 6) is 0. The Balaban J connectivity index is 0.000000339. The Morgan fingerprint density at radius 3 is 0.720 bits per heavy atom. The molecule has 3 fully saturated rings. The van der Waals surface area contributed by atoms with Crippen molar-refractivity contribution < 1.29 is 40.6 Å². The van der Waals surface area contributed by atoms with Crippen LogP contribution in [0.2, 0.25) is 16.6 Å². The molecule has 0 radical (unpaired) electrons. The summed E-state index contributed by atoms with van der Waals surface area (Å²) in [6.07, 6.45) is 20.4. The predicted octanol–water partition coefficient (Wildman–Crippen LogP) is 2.44. The molecule has 3 saturated carbocycles. The van der Waals surface area contributed by atoms with Crippen molar-refractivity contribution in [2.24, 2.45) is 0 Å². The van der Waals surface area contributed by atoms with Gasteiger partial charge >= 0.3 is 0 Å². The molecule has 0 saturated heterocycles. The zero-order chi connectivity index (χ0) is 17.5. The third-order valence-corrected chi connectivity index (χ3v) is 9.95. The van der Waals surface area contributed by atoms with Crippen LogP contribution in [0.4, 0.5) is 0 Å². The molecule has 0 bridgehead atoms. The summed E-state index contributed by atoms with van der Waals surface area (Å²) < 4.78 is 0. The first-order valence-electron chi connectivity index (χ1n) is 10.6. The molecule has 3 aliphatic rings. The zero-order valence-electron chi connectivity index (χ0n) is 16.3. The molecule has 0 aromatic heterocycles. The van der Waals surface area contributed by atoms with Crippen molar-refractivity contribution in [3.8, 4) is 0 Å². The Morgan fingerprint density at radius 1 is 0.400 bits per heavy atom. The van der Waals surface area contributed by atoms with Gasteiger partial charge in [-0.1, -0.05) is 96.3 Å². The van der Waals surface area contributed by atoms with E-state index >= 15 is 0 Å². The van der Waals surface area contributed by atoms with Crippen molar-refractivity contribution in [3.05, 3.63) is 0 Å². The summed E-state index contributed by atoms with van der Waals surface area (Å²) in [6, 6.07) is 0. The van der Waals surface area contributed by atoms with Crippen molar-refractivity contribution in [3.63, 3.8) is 0 Å². The molecule has 0 atom stereocenters. The third-order valence-electron chi connectivity index (χ3n) is 5.95. The monoisotopic (exact) mass is 480 g/mol. The van der Waals surface area contributed by atoms with E-state index in [4.69, 9.17) is 14.4 Å². The molecule has 3 aliphatic carbocycles. The van der Waals surface area contributed by atoms with Gasteiger partial charge in [0.15, 0.2) is 29.3 Å². The van der Waals surface area contributed by atoms with E-state index in [0.29, 0.717) is 0 Å². The normalized spacial score (nSPS) is 24.1. The molecule has 3 rings (SSSR count). The van der Waals surface area contributed by atoms with Crippen LogP contribution in [0, 0.1) is 0 Å². The maximum Gasteiger partial charge on any atom is 0.159 e. The van der Waals surface area contributed by atoms with E-state index in [0.717, 1.165) is 16.6 Å². The molecule has 0 aromatic carbocycles. The summed E-state index contributed by atoms with van der Waals surface area (Å²) in [4.78, 5) is 26.5. The molecule has 3 nitrogen and oxygen atoms in total. The molecule has 0 amide bonds.